The molecule has 1 atom stereocenters. The second-order valence-corrected chi connectivity index (χ2v) is 6.98. The van der Waals surface area contributed by atoms with Crippen molar-refractivity contribution in [3.05, 3.63) is 21.3 Å². The molecule has 1 aromatic heterocycles. The number of likely N-dealkylation sites (tertiary alicyclic amines) is 1. The van der Waals surface area contributed by atoms with Crippen molar-refractivity contribution in [3.63, 3.8) is 0 Å². The highest BCUT2D eigenvalue weighted by molar-refractivity contribution is 7.16. The second kappa shape index (κ2) is 6.73. The zero-order valence-corrected chi connectivity index (χ0v) is 13.1. The lowest BCUT2D eigenvalue weighted by Crippen LogP contribution is -2.47. The summed E-state index contributed by atoms with van der Waals surface area (Å²) in [4.78, 5) is 17.7. The van der Waals surface area contributed by atoms with Crippen LogP contribution in [0.3, 0.4) is 0 Å². The smallest absolute Gasteiger partial charge is 0.239 e. The van der Waals surface area contributed by atoms with Gasteiger partial charge >= 0.3 is 0 Å². The van der Waals surface area contributed by atoms with Crippen LogP contribution in [0.4, 0.5) is 0 Å². The van der Waals surface area contributed by atoms with Crippen molar-refractivity contribution in [1.29, 1.82) is 0 Å². The van der Waals surface area contributed by atoms with Crippen LogP contribution in [0.1, 0.15) is 31.1 Å². The summed E-state index contributed by atoms with van der Waals surface area (Å²) in [7, 11) is 2.00. The number of carbonyl (C=O) groups excluding carboxylic acids is 1. The minimum Gasteiger partial charge on any atom is -0.341 e. The maximum Gasteiger partial charge on any atom is 0.239 e. The van der Waals surface area contributed by atoms with E-state index >= 15 is 0 Å². The average molecular weight is 301 g/mol. The lowest BCUT2D eigenvalue weighted by molar-refractivity contribution is -0.137. The SMILES string of the molecule is CC(C(=O)N1CCCCC1)N(C)Cc1ccc(Cl)s1. The summed E-state index contributed by atoms with van der Waals surface area (Å²) >= 11 is 7.51. The molecule has 5 heteroatoms. The fourth-order valence-electron chi connectivity index (χ4n) is 2.39. The minimum atomic E-state index is -0.0704. The van der Waals surface area contributed by atoms with Gasteiger partial charge in [0.25, 0.3) is 0 Å². The molecule has 0 N–H and O–H groups in total. The molecule has 1 unspecified atom stereocenters. The fourth-order valence-corrected chi connectivity index (χ4v) is 3.54. The van der Waals surface area contributed by atoms with Gasteiger partial charge in [-0.15, -0.1) is 11.3 Å². The van der Waals surface area contributed by atoms with Crippen molar-refractivity contribution >= 4 is 28.8 Å². The molecule has 1 aromatic rings. The van der Waals surface area contributed by atoms with E-state index in [-0.39, 0.29) is 11.9 Å². The molecular weight excluding hydrogens is 280 g/mol. The number of piperidine rings is 1. The number of nitrogens with zero attached hydrogens (tertiary/aromatic N) is 2. The molecular formula is C14H21ClN2OS. The van der Waals surface area contributed by atoms with Crippen LogP contribution in [0.15, 0.2) is 12.1 Å². The Morgan fingerprint density at radius 1 is 1.42 bits per heavy atom. The van der Waals surface area contributed by atoms with Crippen molar-refractivity contribution in [2.45, 2.75) is 38.8 Å². The lowest BCUT2D eigenvalue weighted by Gasteiger charge is -2.32. The predicted molar refractivity (Wildman–Crippen MR) is 80.7 cm³/mol. The van der Waals surface area contributed by atoms with Gasteiger partial charge in [-0.1, -0.05) is 11.6 Å². The molecule has 19 heavy (non-hydrogen) atoms. The van der Waals surface area contributed by atoms with Crippen molar-refractivity contribution in [2.24, 2.45) is 0 Å². The molecule has 0 radical (unpaired) electrons. The Kier molecular flexibility index (Phi) is 5.25. The van der Waals surface area contributed by atoms with Crippen molar-refractivity contribution in [3.8, 4) is 0 Å². The first-order valence-electron chi connectivity index (χ1n) is 6.81. The summed E-state index contributed by atoms with van der Waals surface area (Å²) in [6.07, 6.45) is 3.53. The van der Waals surface area contributed by atoms with Gasteiger partial charge in [-0.25, -0.2) is 0 Å². The van der Waals surface area contributed by atoms with E-state index in [9.17, 15) is 4.79 Å². The Labute approximate surface area is 124 Å². The summed E-state index contributed by atoms with van der Waals surface area (Å²) in [5.74, 6) is 0.254. The van der Waals surface area contributed by atoms with Gasteiger partial charge in [0.15, 0.2) is 0 Å². The number of carbonyl (C=O) groups is 1. The van der Waals surface area contributed by atoms with Gasteiger partial charge in [0.2, 0.25) is 5.91 Å². The van der Waals surface area contributed by atoms with Gasteiger partial charge in [-0.2, -0.15) is 0 Å². The number of amides is 1. The summed E-state index contributed by atoms with van der Waals surface area (Å²) in [5, 5.41) is 0. The number of rotatable bonds is 4. The Morgan fingerprint density at radius 3 is 2.68 bits per heavy atom. The van der Waals surface area contributed by atoms with Crippen molar-refractivity contribution < 1.29 is 4.79 Å². The van der Waals surface area contributed by atoms with Crippen LogP contribution in [0.25, 0.3) is 0 Å². The standard InChI is InChI=1S/C14H21ClN2OS/c1-11(14(18)17-8-4-3-5-9-17)16(2)10-12-6-7-13(15)19-12/h6-7,11H,3-5,8-10H2,1-2H3. The van der Waals surface area contributed by atoms with Crippen LogP contribution in [0.5, 0.6) is 0 Å². The van der Waals surface area contributed by atoms with E-state index in [1.54, 1.807) is 11.3 Å². The van der Waals surface area contributed by atoms with Gasteiger partial charge in [0, 0.05) is 24.5 Å². The zero-order chi connectivity index (χ0) is 13.8. The van der Waals surface area contributed by atoms with Crippen LogP contribution in [-0.4, -0.2) is 41.9 Å². The third kappa shape index (κ3) is 3.94. The Hall–Kier alpha value is -0.580. The molecule has 106 valence electrons. The van der Waals surface area contributed by atoms with Crippen LogP contribution in [0, 0.1) is 0 Å². The fraction of sp³-hybridized carbons (Fsp3) is 0.643. The molecule has 3 nitrogen and oxygen atoms in total. The van der Waals surface area contributed by atoms with E-state index in [1.165, 1.54) is 11.3 Å². The first-order chi connectivity index (χ1) is 9.08. The molecule has 2 rings (SSSR count). The monoisotopic (exact) mass is 300 g/mol. The number of halogens is 1. The van der Waals surface area contributed by atoms with E-state index in [2.05, 4.69) is 4.90 Å². The summed E-state index contributed by atoms with van der Waals surface area (Å²) in [6.45, 7) is 4.61. The molecule has 1 saturated heterocycles. The molecule has 0 saturated carbocycles. The number of thiophene rings is 1. The molecule has 2 heterocycles. The summed E-state index contributed by atoms with van der Waals surface area (Å²) in [6, 6.07) is 3.87. The minimum absolute atomic E-state index is 0.0704. The molecule has 0 aromatic carbocycles. The third-order valence-corrected chi connectivity index (χ3v) is 4.94. The Morgan fingerprint density at radius 2 is 2.11 bits per heavy atom. The maximum absolute atomic E-state index is 12.4. The van der Waals surface area contributed by atoms with E-state index < -0.39 is 0 Å². The van der Waals surface area contributed by atoms with Crippen LogP contribution < -0.4 is 0 Å². The highest BCUT2D eigenvalue weighted by Crippen LogP contribution is 2.23. The molecule has 0 spiro atoms. The maximum atomic E-state index is 12.4. The topological polar surface area (TPSA) is 23.6 Å². The van der Waals surface area contributed by atoms with Crippen LogP contribution in [-0.2, 0) is 11.3 Å². The summed E-state index contributed by atoms with van der Waals surface area (Å²) < 4.78 is 0.804. The highest BCUT2D eigenvalue weighted by atomic mass is 35.5. The van der Waals surface area contributed by atoms with Crippen LogP contribution >= 0.6 is 22.9 Å². The molecule has 1 fully saturated rings. The van der Waals surface area contributed by atoms with E-state index in [1.807, 2.05) is 31.0 Å². The van der Waals surface area contributed by atoms with E-state index in [0.717, 1.165) is 36.8 Å². The zero-order valence-electron chi connectivity index (χ0n) is 11.6. The average Bonchev–Trinajstić information content (AvgIpc) is 2.83. The van der Waals surface area contributed by atoms with E-state index in [4.69, 9.17) is 11.6 Å². The third-order valence-electron chi connectivity index (χ3n) is 3.72. The van der Waals surface area contributed by atoms with Gasteiger partial charge in [-0.05, 0) is 45.4 Å². The van der Waals surface area contributed by atoms with Gasteiger partial charge in [-0.3, -0.25) is 9.69 Å². The molecule has 0 aliphatic carbocycles. The van der Waals surface area contributed by atoms with Gasteiger partial charge < -0.3 is 4.90 Å². The number of hydrogen-bond donors (Lipinski definition) is 0. The number of hydrogen-bond acceptors (Lipinski definition) is 3. The van der Waals surface area contributed by atoms with Crippen molar-refractivity contribution in [1.82, 2.24) is 9.80 Å². The number of likely N-dealkylation sites (N-methyl/N-ethyl adjacent to an activating group) is 1. The molecule has 1 aliphatic heterocycles. The second-order valence-electron chi connectivity index (χ2n) is 5.18. The largest absolute Gasteiger partial charge is 0.341 e. The quantitative estimate of drug-likeness (QED) is 0.852. The highest BCUT2D eigenvalue weighted by Gasteiger charge is 2.25. The lowest BCUT2D eigenvalue weighted by atomic mass is 10.1. The predicted octanol–water partition coefficient (Wildman–Crippen LogP) is 3.23. The van der Waals surface area contributed by atoms with Gasteiger partial charge in [0.05, 0.1) is 10.4 Å². The Balaban J connectivity index is 1.90. The normalized spacial score (nSPS) is 17.8. The van der Waals surface area contributed by atoms with E-state index in [0.29, 0.717) is 0 Å². The Bertz CT molecular complexity index is 429. The van der Waals surface area contributed by atoms with Crippen LogP contribution in [0.2, 0.25) is 4.34 Å². The molecule has 0 bridgehead atoms. The van der Waals surface area contributed by atoms with Crippen molar-refractivity contribution in [2.75, 3.05) is 20.1 Å². The first-order valence-corrected chi connectivity index (χ1v) is 8.00. The summed E-state index contributed by atoms with van der Waals surface area (Å²) in [5.41, 5.74) is 0. The molecule has 1 aliphatic rings. The molecule has 1 amide bonds. The first kappa shape index (κ1) is 14.8. The van der Waals surface area contributed by atoms with Gasteiger partial charge in [0.1, 0.15) is 0 Å².